The molecule has 0 N–H and O–H groups in total. The van der Waals surface area contributed by atoms with E-state index in [4.69, 9.17) is 5.26 Å². The lowest BCUT2D eigenvalue weighted by molar-refractivity contribution is -0.132. The Labute approximate surface area is 96.3 Å². The normalized spacial score (nSPS) is 11.6. The Morgan fingerprint density at radius 2 is 2.06 bits per heavy atom. The van der Waals surface area contributed by atoms with Gasteiger partial charge in [-0.15, -0.1) is 0 Å². The van der Waals surface area contributed by atoms with E-state index in [1.165, 1.54) is 0 Å². The summed E-state index contributed by atoms with van der Waals surface area (Å²) in [5.41, 5.74) is 1.02. The zero-order valence-electron chi connectivity index (χ0n) is 9.68. The van der Waals surface area contributed by atoms with E-state index in [1.807, 2.05) is 37.3 Å². The van der Waals surface area contributed by atoms with Crippen LogP contribution in [-0.4, -0.2) is 24.4 Å². The second-order valence-electron chi connectivity index (χ2n) is 3.72. The molecule has 1 rings (SSSR count). The van der Waals surface area contributed by atoms with Gasteiger partial charge >= 0.3 is 0 Å². The Balaban J connectivity index is 2.71. The number of nitrogens with zero attached hydrogens (tertiary/aromatic N) is 2. The number of hydrogen-bond acceptors (Lipinski definition) is 2. The van der Waals surface area contributed by atoms with Crippen LogP contribution >= 0.6 is 0 Å². The van der Waals surface area contributed by atoms with Crippen LogP contribution in [0.1, 0.15) is 12.5 Å². The molecule has 0 fully saturated rings. The Hall–Kier alpha value is -1.82. The molecule has 0 aromatic heterocycles. The number of rotatable bonds is 4. The first-order valence-electron chi connectivity index (χ1n) is 5.37. The van der Waals surface area contributed by atoms with Crippen molar-refractivity contribution in [2.24, 2.45) is 5.92 Å². The minimum atomic E-state index is -0.577. The summed E-state index contributed by atoms with van der Waals surface area (Å²) in [6, 6.07) is 11.7. The fraction of sp³-hybridized carbons (Fsp3) is 0.385. The van der Waals surface area contributed by atoms with Crippen molar-refractivity contribution in [3.8, 4) is 6.07 Å². The summed E-state index contributed by atoms with van der Waals surface area (Å²) in [6.45, 7) is 2.53. The minimum Gasteiger partial charge on any atom is -0.345 e. The monoisotopic (exact) mass is 216 g/mol. The van der Waals surface area contributed by atoms with Gasteiger partial charge in [0.05, 0.1) is 6.07 Å². The van der Waals surface area contributed by atoms with Gasteiger partial charge in [-0.05, 0) is 18.9 Å². The third kappa shape index (κ3) is 3.09. The predicted molar refractivity (Wildman–Crippen MR) is 62.6 cm³/mol. The third-order valence-electron chi connectivity index (χ3n) is 2.59. The Bertz CT molecular complexity index is 381. The molecule has 0 spiro atoms. The topological polar surface area (TPSA) is 44.1 Å². The molecule has 1 unspecified atom stereocenters. The largest absolute Gasteiger partial charge is 0.345 e. The van der Waals surface area contributed by atoms with Crippen molar-refractivity contribution < 1.29 is 4.79 Å². The second kappa shape index (κ2) is 5.92. The fourth-order valence-corrected chi connectivity index (χ4v) is 1.46. The molecule has 0 aliphatic rings. The van der Waals surface area contributed by atoms with Gasteiger partial charge in [-0.2, -0.15) is 5.26 Å². The Morgan fingerprint density at radius 3 is 2.56 bits per heavy atom. The SMILES string of the molecule is CCN(C)C(=O)C(C#N)Cc1ccccc1. The van der Waals surface area contributed by atoms with Gasteiger partial charge < -0.3 is 4.90 Å². The first-order chi connectivity index (χ1) is 7.69. The molecule has 1 amide bonds. The van der Waals surface area contributed by atoms with Gasteiger partial charge in [0.15, 0.2) is 0 Å². The van der Waals surface area contributed by atoms with E-state index >= 15 is 0 Å². The van der Waals surface area contributed by atoms with Crippen molar-refractivity contribution >= 4 is 5.91 Å². The average molecular weight is 216 g/mol. The molecule has 0 heterocycles. The second-order valence-corrected chi connectivity index (χ2v) is 3.72. The summed E-state index contributed by atoms with van der Waals surface area (Å²) < 4.78 is 0. The number of carbonyl (C=O) groups is 1. The van der Waals surface area contributed by atoms with Crippen molar-refractivity contribution in [2.45, 2.75) is 13.3 Å². The van der Waals surface area contributed by atoms with Crippen molar-refractivity contribution in [3.05, 3.63) is 35.9 Å². The first kappa shape index (κ1) is 12.3. The van der Waals surface area contributed by atoms with E-state index < -0.39 is 5.92 Å². The molecule has 0 radical (unpaired) electrons. The predicted octanol–water partition coefficient (Wildman–Crippen LogP) is 1.85. The van der Waals surface area contributed by atoms with Crippen molar-refractivity contribution in [3.63, 3.8) is 0 Å². The molecule has 0 saturated heterocycles. The standard InChI is InChI=1S/C13H16N2O/c1-3-15(2)13(16)12(10-14)9-11-7-5-4-6-8-11/h4-8,12H,3,9H2,1-2H3. The molecule has 16 heavy (non-hydrogen) atoms. The van der Waals surface area contributed by atoms with Crippen LogP contribution in [0.4, 0.5) is 0 Å². The maximum absolute atomic E-state index is 11.8. The molecule has 3 heteroatoms. The molecule has 1 aromatic carbocycles. The van der Waals surface area contributed by atoms with Crippen LogP contribution in [-0.2, 0) is 11.2 Å². The van der Waals surface area contributed by atoms with Gasteiger partial charge in [-0.25, -0.2) is 0 Å². The zero-order valence-corrected chi connectivity index (χ0v) is 9.68. The average Bonchev–Trinajstić information content (AvgIpc) is 2.35. The summed E-state index contributed by atoms with van der Waals surface area (Å²) in [6.07, 6.45) is 0.487. The highest BCUT2D eigenvalue weighted by Gasteiger charge is 2.20. The first-order valence-corrected chi connectivity index (χ1v) is 5.37. The van der Waals surface area contributed by atoms with Crippen molar-refractivity contribution in [1.29, 1.82) is 5.26 Å². The van der Waals surface area contributed by atoms with Crippen LogP contribution in [0, 0.1) is 17.2 Å². The molecule has 0 aliphatic carbocycles. The molecular formula is C13H16N2O. The highest BCUT2D eigenvalue weighted by molar-refractivity contribution is 5.81. The number of amides is 1. The summed E-state index contributed by atoms with van der Waals surface area (Å²) in [7, 11) is 1.72. The van der Waals surface area contributed by atoms with E-state index in [0.29, 0.717) is 13.0 Å². The lowest BCUT2D eigenvalue weighted by Gasteiger charge is -2.17. The third-order valence-corrected chi connectivity index (χ3v) is 2.59. The van der Waals surface area contributed by atoms with E-state index in [1.54, 1.807) is 11.9 Å². The number of nitriles is 1. The minimum absolute atomic E-state index is 0.103. The van der Waals surface area contributed by atoms with Crippen LogP contribution in [0.3, 0.4) is 0 Å². The number of hydrogen-bond donors (Lipinski definition) is 0. The summed E-state index contributed by atoms with van der Waals surface area (Å²) in [5, 5.41) is 9.00. The Morgan fingerprint density at radius 1 is 1.44 bits per heavy atom. The van der Waals surface area contributed by atoms with Gasteiger partial charge in [0.2, 0.25) is 5.91 Å². The molecule has 0 saturated carbocycles. The Kier molecular flexibility index (Phi) is 4.53. The molecular weight excluding hydrogens is 200 g/mol. The summed E-state index contributed by atoms with van der Waals surface area (Å²) in [4.78, 5) is 13.4. The van der Waals surface area contributed by atoms with E-state index in [2.05, 4.69) is 6.07 Å². The zero-order chi connectivity index (χ0) is 12.0. The smallest absolute Gasteiger partial charge is 0.239 e. The van der Waals surface area contributed by atoms with Crippen LogP contribution in [0.5, 0.6) is 0 Å². The lowest BCUT2D eigenvalue weighted by Crippen LogP contribution is -2.33. The van der Waals surface area contributed by atoms with Crippen LogP contribution < -0.4 is 0 Å². The van der Waals surface area contributed by atoms with E-state index in [0.717, 1.165) is 5.56 Å². The number of benzene rings is 1. The molecule has 3 nitrogen and oxygen atoms in total. The van der Waals surface area contributed by atoms with Gasteiger partial charge in [0.25, 0.3) is 0 Å². The van der Waals surface area contributed by atoms with Crippen molar-refractivity contribution in [1.82, 2.24) is 4.90 Å². The van der Waals surface area contributed by atoms with Crippen molar-refractivity contribution in [2.75, 3.05) is 13.6 Å². The van der Waals surface area contributed by atoms with Crippen LogP contribution in [0.15, 0.2) is 30.3 Å². The van der Waals surface area contributed by atoms with Gasteiger partial charge in [0.1, 0.15) is 5.92 Å². The highest BCUT2D eigenvalue weighted by atomic mass is 16.2. The molecule has 84 valence electrons. The van der Waals surface area contributed by atoms with Gasteiger partial charge in [-0.3, -0.25) is 4.79 Å². The molecule has 0 bridgehead atoms. The molecule has 0 aliphatic heterocycles. The summed E-state index contributed by atoms with van der Waals surface area (Å²) >= 11 is 0. The van der Waals surface area contributed by atoms with Gasteiger partial charge in [-0.1, -0.05) is 30.3 Å². The van der Waals surface area contributed by atoms with Gasteiger partial charge in [0, 0.05) is 13.6 Å². The molecule has 1 atom stereocenters. The van der Waals surface area contributed by atoms with E-state index in [-0.39, 0.29) is 5.91 Å². The maximum atomic E-state index is 11.8. The van der Waals surface area contributed by atoms with Crippen LogP contribution in [0.25, 0.3) is 0 Å². The maximum Gasteiger partial charge on any atom is 0.239 e. The fourth-order valence-electron chi connectivity index (χ4n) is 1.46. The number of carbonyl (C=O) groups excluding carboxylic acids is 1. The van der Waals surface area contributed by atoms with Crippen LogP contribution in [0.2, 0.25) is 0 Å². The highest BCUT2D eigenvalue weighted by Crippen LogP contribution is 2.10. The van der Waals surface area contributed by atoms with E-state index in [9.17, 15) is 4.79 Å². The molecule has 1 aromatic rings. The quantitative estimate of drug-likeness (QED) is 0.771. The summed E-state index contributed by atoms with van der Waals surface area (Å²) in [5.74, 6) is -0.679. The lowest BCUT2D eigenvalue weighted by atomic mass is 9.99.